The first-order valence-electron chi connectivity index (χ1n) is 8.64. The molecule has 0 saturated carbocycles. The van der Waals surface area contributed by atoms with Crippen LogP contribution in [0.1, 0.15) is 24.2 Å². The van der Waals surface area contributed by atoms with Crippen LogP contribution >= 0.6 is 0 Å². The van der Waals surface area contributed by atoms with Gasteiger partial charge in [0.1, 0.15) is 0 Å². The smallest absolute Gasteiger partial charge is 0.226 e. The van der Waals surface area contributed by atoms with Gasteiger partial charge in [-0.3, -0.25) is 14.6 Å². The Kier molecular flexibility index (Phi) is 8.20. The third-order valence-electron chi connectivity index (χ3n) is 3.73. The summed E-state index contributed by atoms with van der Waals surface area (Å²) in [7, 11) is 0. The molecule has 0 radical (unpaired) electrons. The zero-order chi connectivity index (χ0) is 17.0. The van der Waals surface area contributed by atoms with Crippen molar-refractivity contribution in [3.05, 3.63) is 29.6 Å². The Morgan fingerprint density at radius 1 is 0.708 bits per heavy atom. The molecule has 2 rings (SSSR count). The average Bonchev–Trinajstić information content (AvgIpc) is 2.55. The summed E-state index contributed by atoms with van der Waals surface area (Å²) in [6.07, 6.45) is 2.29. The molecule has 132 valence electrons. The molecular weight excluding hydrogens is 306 g/mol. The maximum absolute atomic E-state index is 11.9. The van der Waals surface area contributed by atoms with Crippen molar-refractivity contribution >= 4 is 11.8 Å². The van der Waals surface area contributed by atoms with Crippen LogP contribution in [0.3, 0.4) is 0 Å². The molecule has 0 saturated heterocycles. The molecule has 0 spiro atoms. The van der Waals surface area contributed by atoms with E-state index in [9.17, 15) is 9.59 Å². The van der Waals surface area contributed by atoms with Crippen molar-refractivity contribution in [2.45, 2.75) is 25.7 Å². The molecule has 1 aromatic heterocycles. The summed E-state index contributed by atoms with van der Waals surface area (Å²) in [5.41, 5.74) is 1.39. The number of carbonyl (C=O) groups is 2. The Labute approximate surface area is 143 Å². The first-order valence-corrected chi connectivity index (χ1v) is 8.64. The zero-order valence-electron chi connectivity index (χ0n) is 14.1. The zero-order valence-corrected chi connectivity index (χ0v) is 14.1. The molecular formula is C17H27N5O2. The van der Waals surface area contributed by atoms with Gasteiger partial charge < -0.3 is 21.3 Å². The number of nitrogens with zero attached hydrogens (tertiary/aromatic N) is 1. The molecule has 2 heterocycles. The van der Waals surface area contributed by atoms with Gasteiger partial charge in [-0.15, -0.1) is 0 Å². The van der Waals surface area contributed by atoms with Gasteiger partial charge in [0.25, 0.3) is 0 Å². The molecule has 24 heavy (non-hydrogen) atoms. The minimum atomic E-state index is -0.0383. The molecule has 2 bridgehead atoms. The topological polar surface area (TPSA) is 95.2 Å². The van der Waals surface area contributed by atoms with Crippen molar-refractivity contribution in [2.75, 3.05) is 39.3 Å². The lowest BCUT2D eigenvalue weighted by Crippen LogP contribution is -2.32. The molecule has 0 unspecified atom stereocenters. The summed E-state index contributed by atoms with van der Waals surface area (Å²) >= 11 is 0. The highest BCUT2D eigenvalue weighted by Gasteiger charge is 2.08. The van der Waals surface area contributed by atoms with Crippen molar-refractivity contribution in [1.82, 2.24) is 26.3 Å². The lowest BCUT2D eigenvalue weighted by Gasteiger charge is -2.07. The SMILES string of the molecule is O=C1Cc2cccc(n2)CC(=O)NCCCNCCNCCCN1. The maximum atomic E-state index is 11.9. The largest absolute Gasteiger partial charge is 0.356 e. The fourth-order valence-corrected chi connectivity index (χ4v) is 2.49. The van der Waals surface area contributed by atoms with Gasteiger partial charge >= 0.3 is 0 Å². The van der Waals surface area contributed by atoms with Crippen LogP contribution in [0.25, 0.3) is 0 Å². The average molecular weight is 333 g/mol. The molecule has 1 aromatic rings. The maximum Gasteiger partial charge on any atom is 0.226 e. The van der Waals surface area contributed by atoms with Gasteiger partial charge in [0.2, 0.25) is 11.8 Å². The van der Waals surface area contributed by atoms with Gasteiger partial charge in [0, 0.05) is 37.6 Å². The van der Waals surface area contributed by atoms with Crippen LogP contribution in [-0.4, -0.2) is 56.1 Å². The second-order valence-electron chi connectivity index (χ2n) is 5.88. The Balaban J connectivity index is 1.91. The highest BCUT2D eigenvalue weighted by atomic mass is 16.2. The molecule has 0 fully saturated rings. The lowest BCUT2D eigenvalue weighted by molar-refractivity contribution is -0.121. The van der Waals surface area contributed by atoms with E-state index in [1.165, 1.54) is 0 Å². The van der Waals surface area contributed by atoms with Crippen molar-refractivity contribution in [2.24, 2.45) is 0 Å². The minimum Gasteiger partial charge on any atom is -0.356 e. The summed E-state index contributed by atoms with van der Waals surface area (Å²) in [5.74, 6) is -0.0765. The molecule has 0 aromatic carbocycles. The number of amides is 2. The molecule has 2 amide bonds. The second-order valence-corrected chi connectivity index (χ2v) is 5.88. The van der Waals surface area contributed by atoms with Crippen LogP contribution in [-0.2, 0) is 22.4 Å². The Hall–Kier alpha value is -1.99. The van der Waals surface area contributed by atoms with Gasteiger partial charge in [-0.1, -0.05) is 6.07 Å². The van der Waals surface area contributed by atoms with Crippen LogP contribution in [0, 0.1) is 0 Å². The van der Waals surface area contributed by atoms with Crippen LogP contribution < -0.4 is 21.3 Å². The Bertz CT molecular complexity index is 492. The first kappa shape index (κ1) is 18.4. The summed E-state index contributed by atoms with van der Waals surface area (Å²) in [6, 6.07) is 5.47. The van der Waals surface area contributed by atoms with E-state index in [1.807, 2.05) is 18.2 Å². The van der Waals surface area contributed by atoms with E-state index in [-0.39, 0.29) is 24.7 Å². The predicted octanol–water partition coefficient (Wildman–Crippen LogP) is -0.628. The number of rotatable bonds is 0. The fraction of sp³-hybridized carbons (Fsp3) is 0.588. The molecule has 0 aliphatic carbocycles. The number of hydrogen-bond donors (Lipinski definition) is 4. The monoisotopic (exact) mass is 333 g/mol. The third-order valence-corrected chi connectivity index (χ3v) is 3.73. The highest BCUT2D eigenvalue weighted by molar-refractivity contribution is 5.79. The van der Waals surface area contributed by atoms with Gasteiger partial charge in [0.15, 0.2) is 0 Å². The van der Waals surface area contributed by atoms with Crippen molar-refractivity contribution in [3.8, 4) is 0 Å². The quantitative estimate of drug-likeness (QED) is 0.507. The van der Waals surface area contributed by atoms with Gasteiger partial charge in [-0.05, 0) is 38.1 Å². The second kappa shape index (κ2) is 10.7. The Morgan fingerprint density at radius 2 is 1.21 bits per heavy atom. The molecule has 7 nitrogen and oxygen atoms in total. The minimum absolute atomic E-state index is 0.0383. The summed E-state index contributed by atoms with van der Waals surface area (Å²) in [6.45, 7) is 4.87. The van der Waals surface area contributed by atoms with Gasteiger partial charge in [-0.2, -0.15) is 0 Å². The molecule has 0 atom stereocenters. The number of fused-ring (bicyclic) bond motifs is 2. The number of pyridine rings is 1. The summed E-state index contributed by atoms with van der Waals surface area (Å²) < 4.78 is 0. The predicted molar refractivity (Wildman–Crippen MR) is 92.6 cm³/mol. The molecule has 4 N–H and O–H groups in total. The standard InChI is InChI=1S/C17H27N5O2/c23-16-12-14-4-1-5-15(22-14)13-17(24)21-9-3-7-19-11-10-18-6-2-8-20-16/h1,4-5,18-19H,2-3,6-13H2,(H,20,23)(H,21,24). The summed E-state index contributed by atoms with van der Waals surface area (Å²) in [5, 5.41) is 12.5. The third kappa shape index (κ3) is 7.52. The number of aromatic nitrogens is 1. The van der Waals surface area contributed by atoms with Crippen LogP contribution in [0.2, 0.25) is 0 Å². The summed E-state index contributed by atoms with van der Waals surface area (Å²) in [4.78, 5) is 28.3. The van der Waals surface area contributed by atoms with E-state index in [4.69, 9.17) is 0 Å². The van der Waals surface area contributed by atoms with Crippen LogP contribution in [0.4, 0.5) is 0 Å². The van der Waals surface area contributed by atoms with Crippen molar-refractivity contribution in [3.63, 3.8) is 0 Å². The van der Waals surface area contributed by atoms with E-state index in [0.717, 1.165) is 39.0 Å². The van der Waals surface area contributed by atoms with E-state index < -0.39 is 0 Å². The van der Waals surface area contributed by atoms with Crippen molar-refractivity contribution in [1.29, 1.82) is 0 Å². The number of carbonyl (C=O) groups excluding carboxylic acids is 2. The van der Waals surface area contributed by atoms with Crippen LogP contribution in [0.5, 0.6) is 0 Å². The molecule has 1 aliphatic rings. The van der Waals surface area contributed by atoms with E-state index >= 15 is 0 Å². The Morgan fingerprint density at radius 3 is 1.71 bits per heavy atom. The van der Waals surface area contributed by atoms with Crippen molar-refractivity contribution < 1.29 is 9.59 Å². The normalized spacial score (nSPS) is 19.3. The van der Waals surface area contributed by atoms with Gasteiger partial charge in [0.05, 0.1) is 12.8 Å². The van der Waals surface area contributed by atoms with Crippen LogP contribution in [0.15, 0.2) is 18.2 Å². The highest BCUT2D eigenvalue weighted by Crippen LogP contribution is 2.02. The van der Waals surface area contributed by atoms with E-state index in [1.54, 1.807) is 0 Å². The fourth-order valence-electron chi connectivity index (χ4n) is 2.49. The number of nitrogens with one attached hydrogen (secondary N) is 4. The number of hydrogen-bond acceptors (Lipinski definition) is 5. The molecule has 1 aliphatic heterocycles. The van der Waals surface area contributed by atoms with E-state index in [0.29, 0.717) is 24.5 Å². The molecule has 7 heteroatoms. The lowest BCUT2D eigenvalue weighted by atomic mass is 10.2. The van der Waals surface area contributed by atoms with Gasteiger partial charge in [-0.25, -0.2) is 0 Å². The van der Waals surface area contributed by atoms with E-state index in [2.05, 4.69) is 26.3 Å². The first-order chi connectivity index (χ1) is 11.7.